The number of hydrogen-bond donors (Lipinski definition) is 1. The predicted molar refractivity (Wildman–Crippen MR) is 62.8 cm³/mol. The van der Waals surface area contributed by atoms with Gasteiger partial charge in [-0.2, -0.15) is 0 Å². The average Bonchev–Trinajstić information content (AvgIpc) is 2.35. The van der Waals surface area contributed by atoms with Crippen LogP contribution in [0.2, 0.25) is 0 Å². The molecular weight excluding hydrogens is 206 g/mol. The summed E-state index contributed by atoms with van der Waals surface area (Å²) in [5, 5.41) is 8.77. The predicted octanol–water partition coefficient (Wildman–Crippen LogP) is 1.29. The van der Waals surface area contributed by atoms with E-state index in [0.717, 1.165) is 5.69 Å². The van der Waals surface area contributed by atoms with E-state index in [-0.39, 0.29) is 12.6 Å². The number of carbonyl (C=O) groups is 1. The molecule has 0 aliphatic rings. The monoisotopic (exact) mass is 223 g/mol. The number of para-hydroxylation sites is 1. The number of nitrogens with zero attached hydrogens (tertiary/aromatic N) is 1. The van der Waals surface area contributed by atoms with E-state index in [9.17, 15) is 4.79 Å². The van der Waals surface area contributed by atoms with Crippen molar-refractivity contribution in [1.29, 1.82) is 0 Å². The van der Waals surface area contributed by atoms with Crippen LogP contribution in [0.4, 0.5) is 5.69 Å². The molecule has 4 heteroatoms. The maximum atomic E-state index is 11.5. The number of aliphatic hydroxyl groups excluding tert-OH is 1. The van der Waals surface area contributed by atoms with Gasteiger partial charge in [0.15, 0.2) is 0 Å². The zero-order valence-corrected chi connectivity index (χ0v) is 9.64. The summed E-state index contributed by atoms with van der Waals surface area (Å²) in [4.78, 5) is 13.4. The molecule has 0 atom stereocenters. The molecule has 4 nitrogen and oxygen atoms in total. The van der Waals surface area contributed by atoms with E-state index in [4.69, 9.17) is 9.84 Å². The summed E-state index contributed by atoms with van der Waals surface area (Å²) >= 11 is 0. The quantitative estimate of drug-likeness (QED) is 0.764. The molecule has 0 unspecified atom stereocenters. The van der Waals surface area contributed by atoms with Gasteiger partial charge in [-0.15, -0.1) is 0 Å². The second kappa shape index (κ2) is 6.12. The normalized spacial score (nSPS) is 9.94. The van der Waals surface area contributed by atoms with Crippen LogP contribution in [0, 0.1) is 0 Å². The molecule has 1 N–H and O–H groups in total. The molecule has 1 aromatic carbocycles. The fourth-order valence-electron chi connectivity index (χ4n) is 1.52. The van der Waals surface area contributed by atoms with E-state index >= 15 is 0 Å². The number of rotatable bonds is 5. The molecule has 0 saturated carbocycles. The Hall–Kier alpha value is -1.55. The van der Waals surface area contributed by atoms with E-state index in [1.165, 1.54) is 7.11 Å². The maximum Gasteiger partial charge on any atom is 0.339 e. The Labute approximate surface area is 95.5 Å². The van der Waals surface area contributed by atoms with Gasteiger partial charge in [-0.05, 0) is 18.6 Å². The average molecular weight is 223 g/mol. The van der Waals surface area contributed by atoms with Gasteiger partial charge < -0.3 is 14.7 Å². The summed E-state index contributed by atoms with van der Waals surface area (Å²) in [5.41, 5.74) is 1.37. The van der Waals surface area contributed by atoms with Crippen molar-refractivity contribution in [3.8, 4) is 0 Å². The molecule has 0 bridgehead atoms. The molecular formula is C12H17NO3. The van der Waals surface area contributed by atoms with Crippen LogP contribution in [-0.2, 0) is 4.74 Å². The molecule has 1 rings (SSSR count). The number of methoxy groups -OCH3 is 1. The zero-order chi connectivity index (χ0) is 12.0. The molecule has 0 aliphatic heterocycles. The first-order valence-corrected chi connectivity index (χ1v) is 5.20. The lowest BCUT2D eigenvalue weighted by Gasteiger charge is -2.21. The van der Waals surface area contributed by atoms with Crippen molar-refractivity contribution in [2.24, 2.45) is 0 Å². The minimum absolute atomic E-state index is 0.144. The summed E-state index contributed by atoms with van der Waals surface area (Å²) in [6.45, 7) is 0.842. The Bertz CT molecular complexity index is 352. The van der Waals surface area contributed by atoms with Crippen LogP contribution in [0.25, 0.3) is 0 Å². The topological polar surface area (TPSA) is 49.8 Å². The molecule has 0 radical (unpaired) electrons. The van der Waals surface area contributed by atoms with E-state index in [1.807, 2.05) is 24.1 Å². The first-order chi connectivity index (χ1) is 7.70. The summed E-state index contributed by atoms with van der Waals surface area (Å²) in [6.07, 6.45) is 0.673. The van der Waals surface area contributed by atoms with Crippen LogP contribution in [0.1, 0.15) is 16.8 Å². The Morgan fingerprint density at radius 2 is 2.12 bits per heavy atom. The van der Waals surface area contributed by atoms with Crippen molar-refractivity contribution < 1.29 is 14.6 Å². The largest absolute Gasteiger partial charge is 0.465 e. The highest BCUT2D eigenvalue weighted by molar-refractivity contribution is 5.95. The van der Waals surface area contributed by atoms with Crippen LogP contribution in [0.15, 0.2) is 24.3 Å². The fraction of sp³-hybridized carbons (Fsp3) is 0.417. The van der Waals surface area contributed by atoms with Crippen LogP contribution in [-0.4, -0.2) is 38.4 Å². The van der Waals surface area contributed by atoms with Crippen molar-refractivity contribution in [3.05, 3.63) is 29.8 Å². The highest BCUT2D eigenvalue weighted by Gasteiger charge is 2.13. The molecule has 0 saturated heterocycles. The van der Waals surface area contributed by atoms with Gasteiger partial charge >= 0.3 is 5.97 Å². The summed E-state index contributed by atoms with van der Waals surface area (Å²) < 4.78 is 4.72. The van der Waals surface area contributed by atoms with Gasteiger partial charge in [0, 0.05) is 20.2 Å². The summed E-state index contributed by atoms with van der Waals surface area (Å²) in [5.74, 6) is -0.341. The minimum atomic E-state index is -0.341. The van der Waals surface area contributed by atoms with Gasteiger partial charge in [0.2, 0.25) is 0 Å². The van der Waals surface area contributed by atoms with Crippen LogP contribution in [0.5, 0.6) is 0 Å². The van der Waals surface area contributed by atoms with Gasteiger partial charge in [0.05, 0.1) is 18.4 Å². The number of benzene rings is 1. The number of esters is 1. The number of aliphatic hydroxyl groups is 1. The Balaban J connectivity index is 2.89. The second-order valence-electron chi connectivity index (χ2n) is 3.51. The second-order valence-corrected chi connectivity index (χ2v) is 3.51. The minimum Gasteiger partial charge on any atom is -0.465 e. The third-order valence-corrected chi connectivity index (χ3v) is 2.37. The molecule has 16 heavy (non-hydrogen) atoms. The number of ether oxygens (including phenoxy) is 1. The SMILES string of the molecule is COC(=O)c1ccccc1N(C)CCCO. The van der Waals surface area contributed by atoms with E-state index in [2.05, 4.69) is 0 Å². The van der Waals surface area contributed by atoms with Crippen molar-refractivity contribution >= 4 is 11.7 Å². The first-order valence-electron chi connectivity index (χ1n) is 5.20. The van der Waals surface area contributed by atoms with Crippen molar-refractivity contribution in [1.82, 2.24) is 0 Å². The molecule has 0 aromatic heterocycles. The van der Waals surface area contributed by atoms with Gasteiger partial charge in [0.25, 0.3) is 0 Å². The molecule has 88 valence electrons. The van der Waals surface area contributed by atoms with Crippen LogP contribution < -0.4 is 4.90 Å². The van der Waals surface area contributed by atoms with Gasteiger partial charge in [0.1, 0.15) is 0 Å². The molecule has 0 amide bonds. The lowest BCUT2D eigenvalue weighted by molar-refractivity contribution is 0.0601. The number of anilines is 1. The third kappa shape index (κ3) is 2.97. The van der Waals surface area contributed by atoms with Gasteiger partial charge in [-0.1, -0.05) is 12.1 Å². The van der Waals surface area contributed by atoms with E-state index < -0.39 is 0 Å². The number of hydrogen-bond acceptors (Lipinski definition) is 4. The van der Waals surface area contributed by atoms with Crippen LogP contribution >= 0.6 is 0 Å². The van der Waals surface area contributed by atoms with Crippen LogP contribution in [0.3, 0.4) is 0 Å². The molecule has 0 heterocycles. The smallest absolute Gasteiger partial charge is 0.339 e. The Kier molecular flexibility index (Phi) is 4.79. The zero-order valence-electron chi connectivity index (χ0n) is 9.64. The lowest BCUT2D eigenvalue weighted by atomic mass is 10.1. The van der Waals surface area contributed by atoms with Crippen molar-refractivity contribution in [3.63, 3.8) is 0 Å². The van der Waals surface area contributed by atoms with Gasteiger partial charge in [-0.25, -0.2) is 4.79 Å². The fourth-order valence-corrected chi connectivity index (χ4v) is 1.52. The van der Waals surface area contributed by atoms with E-state index in [1.54, 1.807) is 12.1 Å². The van der Waals surface area contributed by atoms with E-state index in [0.29, 0.717) is 18.5 Å². The highest BCUT2D eigenvalue weighted by atomic mass is 16.5. The summed E-state index contributed by atoms with van der Waals surface area (Å²) in [7, 11) is 3.25. The highest BCUT2D eigenvalue weighted by Crippen LogP contribution is 2.19. The summed E-state index contributed by atoms with van der Waals surface area (Å²) in [6, 6.07) is 7.27. The first kappa shape index (κ1) is 12.5. The van der Waals surface area contributed by atoms with Crippen molar-refractivity contribution in [2.45, 2.75) is 6.42 Å². The molecule has 0 spiro atoms. The molecule has 0 fully saturated rings. The lowest BCUT2D eigenvalue weighted by Crippen LogP contribution is -2.22. The Morgan fingerprint density at radius 1 is 1.44 bits per heavy atom. The maximum absolute atomic E-state index is 11.5. The third-order valence-electron chi connectivity index (χ3n) is 2.37. The van der Waals surface area contributed by atoms with Crippen molar-refractivity contribution in [2.75, 3.05) is 32.2 Å². The standard InChI is InChI=1S/C12H17NO3/c1-13(8-5-9-14)11-7-4-3-6-10(11)12(15)16-2/h3-4,6-7,14H,5,8-9H2,1-2H3. The number of carbonyl (C=O) groups excluding carboxylic acids is 1. The Morgan fingerprint density at radius 3 is 2.75 bits per heavy atom. The molecule has 0 aliphatic carbocycles. The molecule has 1 aromatic rings. The van der Waals surface area contributed by atoms with Gasteiger partial charge in [-0.3, -0.25) is 0 Å².